The van der Waals surface area contributed by atoms with Crippen molar-refractivity contribution in [3.63, 3.8) is 0 Å². The van der Waals surface area contributed by atoms with Gasteiger partial charge in [-0.05, 0) is 30.2 Å². The highest BCUT2D eigenvalue weighted by atomic mass is 19.1. The van der Waals surface area contributed by atoms with Gasteiger partial charge in [0.15, 0.2) is 0 Å². The van der Waals surface area contributed by atoms with Crippen LogP contribution in [-0.2, 0) is 0 Å². The van der Waals surface area contributed by atoms with Gasteiger partial charge in [-0.15, -0.1) is 0 Å². The van der Waals surface area contributed by atoms with Gasteiger partial charge in [0.1, 0.15) is 11.6 Å². The van der Waals surface area contributed by atoms with Crippen LogP contribution < -0.4 is 4.74 Å². The highest BCUT2D eigenvalue weighted by Gasteiger charge is 2.16. The van der Waals surface area contributed by atoms with Crippen LogP contribution in [0.2, 0.25) is 0 Å². The normalized spacial score (nSPS) is 12.0. The summed E-state index contributed by atoms with van der Waals surface area (Å²) in [6, 6.07) is 9.49. The number of ether oxygens (including phenoxy) is 1. The Balaban J connectivity index is 2.26. The van der Waals surface area contributed by atoms with Gasteiger partial charge in [0.2, 0.25) is 5.75 Å². The van der Waals surface area contributed by atoms with Gasteiger partial charge < -0.3 is 9.84 Å². The average Bonchev–Trinajstić information content (AvgIpc) is 2.47. The monoisotopic (exact) mass is 291 g/mol. The van der Waals surface area contributed by atoms with E-state index in [0.717, 1.165) is 23.8 Å². The van der Waals surface area contributed by atoms with Crippen LogP contribution in [-0.4, -0.2) is 10.0 Å². The summed E-state index contributed by atoms with van der Waals surface area (Å²) in [7, 11) is 0. The summed E-state index contributed by atoms with van der Waals surface area (Å²) in [5.41, 5.74) is 0.410. The maximum absolute atomic E-state index is 13.2. The predicted octanol–water partition coefficient (Wildman–Crippen LogP) is 3.97. The fourth-order valence-electron chi connectivity index (χ4n) is 1.84. The van der Waals surface area contributed by atoms with Crippen LogP contribution in [0.25, 0.3) is 0 Å². The van der Waals surface area contributed by atoms with E-state index in [-0.39, 0.29) is 11.4 Å². The Morgan fingerprint density at radius 3 is 2.52 bits per heavy atom. The fourth-order valence-corrected chi connectivity index (χ4v) is 1.84. The summed E-state index contributed by atoms with van der Waals surface area (Å²) in [6.07, 6.45) is 0.0119. The third-order valence-electron chi connectivity index (χ3n) is 3.00. The minimum atomic E-state index is -0.635. The molecule has 2 rings (SSSR count). The zero-order valence-electron chi connectivity index (χ0n) is 11.3. The number of nitrogens with zero attached hydrogens (tertiary/aromatic N) is 1. The molecule has 6 heteroatoms. The number of hydrogen-bond acceptors (Lipinski definition) is 4. The molecule has 0 radical (unpaired) electrons. The molecule has 110 valence electrons. The molecule has 0 fully saturated rings. The molecule has 2 aromatic rings. The van der Waals surface area contributed by atoms with Crippen molar-refractivity contribution in [1.82, 2.24) is 0 Å². The van der Waals surface area contributed by atoms with Crippen LogP contribution in [0, 0.1) is 15.9 Å². The Kier molecular flexibility index (Phi) is 4.49. The number of aliphatic hydroxyl groups is 1. The van der Waals surface area contributed by atoms with E-state index in [0.29, 0.717) is 12.2 Å². The van der Waals surface area contributed by atoms with Gasteiger partial charge in [0, 0.05) is 12.1 Å². The summed E-state index contributed by atoms with van der Waals surface area (Å²) < 4.78 is 18.6. The highest BCUT2D eigenvalue weighted by Crippen LogP contribution is 2.32. The molecule has 0 saturated carbocycles. The Morgan fingerprint density at radius 1 is 1.29 bits per heavy atom. The molecule has 0 aliphatic rings. The molecule has 0 aromatic heterocycles. The first-order valence-corrected chi connectivity index (χ1v) is 6.41. The molecule has 1 atom stereocenters. The molecule has 0 spiro atoms. The number of hydrogen-bond donors (Lipinski definition) is 1. The van der Waals surface area contributed by atoms with Crippen molar-refractivity contribution in [1.29, 1.82) is 0 Å². The summed E-state index contributed by atoms with van der Waals surface area (Å²) in [4.78, 5) is 10.2. The van der Waals surface area contributed by atoms with Gasteiger partial charge in [-0.1, -0.05) is 19.1 Å². The molecule has 0 heterocycles. The van der Waals surface area contributed by atoms with Crippen molar-refractivity contribution in [2.45, 2.75) is 19.4 Å². The van der Waals surface area contributed by atoms with Crippen LogP contribution in [0.3, 0.4) is 0 Å². The number of nitro groups is 1. The molecule has 0 saturated heterocycles. The Bertz CT molecular complexity index is 643. The lowest BCUT2D eigenvalue weighted by molar-refractivity contribution is -0.385. The summed E-state index contributed by atoms with van der Waals surface area (Å²) in [5, 5.41) is 20.6. The summed E-state index contributed by atoms with van der Waals surface area (Å²) in [6.45, 7) is 1.85. The van der Waals surface area contributed by atoms with E-state index in [1.54, 1.807) is 24.3 Å². The minimum Gasteiger partial charge on any atom is -0.450 e. The highest BCUT2D eigenvalue weighted by molar-refractivity contribution is 5.48. The second-order valence-electron chi connectivity index (χ2n) is 4.46. The SMILES string of the molecule is CCC(O)c1ccc(Oc2cc(F)ccc2[N+](=O)[O-])cc1. The first-order valence-electron chi connectivity index (χ1n) is 6.41. The van der Waals surface area contributed by atoms with Crippen molar-refractivity contribution < 1.29 is 19.2 Å². The number of rotatable bonds is 5. The Labute approximate surface area is 120 Å². The van der Waals surface area contributed by atoms with Crippen LogP contribution in [0.5, 0.6) is 11.5 Å². The average molecular weight is 291 g/mol. The van der Waals surface area contributed by atoms with Gasteiger partial charge in [0.25, 0.3) is 0 Å². The number of benzene rings is 2. The van der Waals surface area contributed by atoms with E-state index >= 15 is 0 Å². The molecule has 0 amide bonds. The van der Waals surface area contributed by atoms with E-state index < -0.39 is 16.8 Å². The molecule has 1 unspecified atom stereocenters. The lowest BCUT2D eigenvalue weighted by Crippen LogP contribution is -1.96. The summed E-state index contributed by atoms with van der Waals surface area (Å²) in [5.74, 6) is -0.451. The van der Waals surface area contributed by atoms with Crippen molar-refractivity contribution in [2.24, 2.45) is 0 Å². The second kappa shape index (κ2) is 6.32. The minimum absolute atomic E-state index is 0.163. The quantitative estimate of drug-likeness (QED) is 0.668. The van der Waals surface area contributed by atoms with Gasteiger partial charge in [-0.25, -0.2) is 4.39 Å². The van der Waals surface area contributed by atoms with Gasteiger partial charge in [0.05, 0.1) is 11.0 Å². The molecular weight excluding hydrogens is 277 g/mol. The molecule has 0 bridgehead atoms. The number of nitro benzene ring substituents is 1. The maximum atomic E-state index is 13.2. The predicted molar refractivity (Wildman–Crippen MR) is 74.8 cm³/mol. The first kappa shape index (κ1) is 14.9. The molecule has 1 N–H and O–H groups in total. The molecule has 0 aliphatic heterocycles. The van der Waals surface area contributed by atoms with Gasteiger partial charge >= 0.3 is 5.69 Å². The fraction of sp³-hybridized carbons (Fsp3) is 0.200. The third kappa shape index (κ3) is 3.55. The molecule has 21 heavy (non-hydrogen) atoms. The van der Waals surface area contributed by atoms with Crippen molar-refractivity contribution >= 4 is 5.69 Å². The third-order valence-corrected chi connectivity index (χ3v) is 3.00. The Morgan fingerprint density at radius 2 is 1.95 bits per heavy atom. The van der Waals surface area contributed by atoms with Crippen molar-refractivity contribution in [3.05, 3.63) is 64.0 Å². The topological polar surface area (TPSA) is 72.6 Å². The van der Waals surface area contributed by atoms with E-state index in [4.69, 9.17) is 4.74 Å². The largest absolute Gasteiger partial charge is 0.450 e. The van der Waals surface area contributed by atoms with Crippen LogP contribution in [0.4, 0.5) is 10.1 Å². The standard InChI is InChI=1S/C15H14FNO4/c1-2-14(18)10-3-6-12(7-4-10)21-15-9-11(16)5-8-13(15)17(19)20/h3-9,14,18H,2H2,1H3. The smallest absolute Gasteiger partial charge is 0.311 e. The molecule has 5 nitrogen and oxygen atoms in total. The van der Waals surface area contributed by atoms with E-state index in [1.807, 2.05) is 6.92 Å². The van der Waals surface area contributed by atoms with Crippen LogP contribution in [0.15, 0.2) is 42.5 Å². The maximum Gasteiger partial charge on any atom is 0.311 e. The molecular formula is C15H14FNO4. The molecule has 0 aliphatic carbocycles. The van der Waals surface area contributed by atoms with E-state index in [2.05, 4.69) is 0 Å². The van der Waals surface area contributed by atoms with Gasteiger partial charge in [-0.3, -0.25) is 10.1 Å². The zero-order valence-corrected chi connectivity index (χ0v) is 11.3. The Hall–Kier alpha value is -2.47. The second-order valence-corrected chi connectivity index (χ2v) is 4.46. The number of halogens is 1. The first-order chi connectivity index (χ1) is 10.0. The number of aliphatic hydroxyl groups excluding tert-OH is 1. The lowest BCUT2D eigenvalue weighted by Gasteiger charge is -2.10. The lowest BCUT2D eigenvalue weighted by atomic mass is 10.1. The van der Waals surface area contributed by atoms with Crippen molar-refractivity contribution in [2.75, 3.05) is 0 Å². The van der Waals surface area contributed by atoms with Crippen molar-refractivity contribution in [3.8, 4) is 11.5 Å². The van der Waals surface area contributed by atoms with Crippen LogP contribution in [0.1, 0.15) is 25.0 Å². The van der Waals surface area contributed by atoms with E-state index in [1.165, 1.54) is 0 Å². The van der Waals surface area contributed by atoms with Crippen LogP contribution >= 0.6 is 0 Å². The summed E-state index contributed by atoms with van der Waals surface area (Å²) >= 11 is 0. The zero-order chi connectivity index (χ0) is 15.4. The van der Waals surface area contributed by atoms with Gasteiger partial charge in [-0.2, -0.15) is 0 Å². The van der Waals surface area contributed by atoms with E-state index in [9.17, 15) is 19.6 Å². The molecule has 2 aromatic carbocycles.